The molecular formula is C18H21N3O3. The van der Waals surface area contributed by atoms with Gasteiger partial charge in [0.2, 0.25) is 11.8 Å². The lowest BCUT2D eigenvalue weighted by molar-refractivity contribution is -0.141. The number of primary amides is 1. The predicted molar refractivity (Wildman–Crippen MR) is 90.0 cm³/mol. The Bertz CT molecular complexity index is 772. The molecule has 0 bridgehead atoms. The lowest BCUT2D eigenvalue weighted by Crippen LogP contribution is -2.52. The Morgan fingerprint density at radius 2 is 2.08 bits per heavy atom. The van der Waals surface area contributed by atoms with Crippen molar-refractivity contribution in [2.75, 3.05) is 13.1 Å². The highest BCUT2D eigenvalue weighted by Gasteiger charge is 2.36. The van der Waals surface area contributed by atoms with Crippen LogP contribution in [0, 0.1) is 0 Å². The standard InChI is InChI=1S/C18H21N3O3/c19-15(22)11-18(24)7-3-9-21(12-18)16(23)10-14-5-1-4-13-6-2-8-20-17(13)14/h1-2,4-6,8,24H,3,7,9-12H2,(H2,19,22). The zero-order valence-corrected chi connectivity index (χ0v) is 13.4. The summed E-state index contributed by atoms with van der Waals surface area (Å²) < 4.78 is 0. The van der Waals surface area contributed by atoms with Crippen LogP contribution in [0.1, 0.15) is 24.8 Å². The van der Waals surface area contributed by atoms with Crippen LogP contribution < -0.4 is 5.73 Å². The number of rotatable bonds is 4. The molecule has 2 amide bonds. The molecule has 1 atom stereocenters. The third-order valence-corrected chi connectivity index (χ3v) is 4.47. The molecule has 0 spiro atoms. The fraction of sp³-hybridized carbons (Fsp3) is 0.389. The number of benzene rings is 1. The highest BCUT2D eigenvalue weighted by molar-refractivity contribution is 5.87. The molecule has 1 aromatic carbocycles. The van der Waals surface area contributed by atoms with Crippen molar-refractivity contribution in [3.8, 4) is 0 Å². The van der Waals surface area contributed by atoms with Gasteiger partial charge in [0.25, 0.3) is 0 Å². The van der Waals surface area contributed by atoms with E-state index in [0.717, 1.165) is 16.5 Å². The van der Waals surface area contributed by atoms with Gasteiger partial charge in [-0.25, -0.2) is 0 Å². The van der Waals surface area contributed by atoms with Crippen LogP contribution in [-0.4, -0.2) is 45.5 Å². The number of nitrogens with two attached hydrogens (primary N) is 1. The second kappa shape index (κ2) is 6.57. The minimum atomic E-state index is -1.21. The quantitative estimate of drug-likeness (QED) is 0.876. The lowest BCUT2D eigenvalue weighted by Gasteiger charge is -2.38. The molecule has 2 heterocycles. The third-order valence-electron chi connectivity index (χ3n) is 4.47. The molecule has 6 heteroatoms. The molecule has 1 saturated heterocycles. The van der Waals surface area contributed by atoms with Gasteiger partial charge in [0, 0.05) is 24.7 Å². The maximum absolute atomic E-state index is 12.7. The van der Waals surface area contributed by atoms with Gasteiger partial charge in [-0.1, -0.05) is 24.3 Å². The predicted octanol–water partition coefficient (Wildman–Crippen LogP) is 1.01. The Hall–Kier alpha value is -2.47. The summed E-state index contributed by atoms with van der Waals surface area (Å²) in [4.78, 5) is 29.8. The van der Waals surface area contributed by atoms with E-state index in [1.807, 2.05) is 30.3 Å². The second-order valence-corrected chi connectivity index (χ2v) is 6.46. The molecule has 6 nitrogen and oxygen atoms in total. The van der Waals surface area contributed by atoms with Crippen LogP contribution in [0.5, 0.6) is 0 Å². The summed E-state index contributed by atoms with van der Waals surface area (Å²) in [5.74, 6) is -0.624. The fourth-order valence-corrected chi connectivity index (χ4v) is 3.38. The van der Waals surface area contributed by atoms with Crippen molar-refractivity contribution in [3.63, 3.8) is 0 Å². The topological polar surface area (TPSA) is 96.5 Å². The summed E-state index contributed by atoms with van der Waals surface area (Å²) in [6, 6.07) is 9.59. The van der Waals surface area contributed by atoms with Gasteiger partial charge in [0.15, 0.2) is 0 Å². The molecule has 3 N–H and O–H groups in total. The van der Waals surface area contributed by atoms with Crippen molar-refractivity contribution < 1.29 is 14.7 Å². The van der Waals surface area contributed by atoms with E-state index in [1.54, 1.807) is 11.1 Å². The number of likely N-dealkylation sites (tertiary alicyclic amines) is 1. The zero-order chi connectivity index (χ0) is 17.2. The number of amides is 2. The average molecular weight is 327 g/mol. The van der Waals surface area contributed by atoms with Crippen molar-refractivity contribution in [1.82, 2.24) is 9.88 Å². The molecule has 0 radical (unpaired) electrons. The molecular weight excluding hydrogens is 306 g/mol. The number of aliphatic hydroxyl groups is 1. The van der Waals surface area contributed by atoms with E-state index in [-0.39, 0.29) is 25.3 Å². The SMILES string of the molecule is NC(=O)CC1(O)CCCN(C(=O)Cc2cccc3cccnc23)C1. The number of aromatic nitrogens is 1. The first-order chi connectivity index (χ1) is 11.5. The molecule has 1 unspecified atom stereocenters. The van der Waals surface area contributed by atoms with Gasteiger partial charge in [0.05, 0.1) is 24.0 Å². The number of hydrogen-bond acceptors (Lipinski definition) is 4. The Kier molecular flexibility index (Phi) is 4.49. The van der Waals surface area contributed by atoms with Gasteiger partial charge in [-0.05, 0) is 24.5 Å². The number of nitrogens with zero attached hydrogens (tertiary/aromatic N) is 2. The maximum Gasteiger partial charge on any atom is 0.227 e. The number of β-amino-alcohol motifs (C(OH)–C–C–N with tert-alkyl or cyclic N) is 1. The number of pyridine rings is 1. The third kappa shape index (κ3) is 3.54. The van der Waals surface area contributed by atoms with Gasteiger partial charge < -0.3 is 15.7 Å². The minimum Gasteiger partial charge on any atom is -0.388 e. The Balaban J connectivity index is 1.75. The molecule has 1 aromatic heterocycles. The largest absolute Gasteiger partial charge is 0.388 e. The number of carbonyl (C=O) groups is 2. The van der Waals surface area contributed by atoms with E-state index in [2.05, 4.69) is 4.98 Å². The Labute approximate surface area is 140 Å². The first-order valence-electron chi connectivity index (χ1n) is 8.08. The average Bonchev–Trinajstić information content (AvgIpc) is 2.54. The van der Waals surface area contributed by atoms with E-state index in [9.17, 15) is 14.7 Å². The van der Waals surface area contributed by atoms with Gasteiger partial charge in [0.1, 0.15) is 0 Å². The lowest BCUT2D eigenvalue weighted by atomic mass is 9.89. The van der Waals surface area contributed by atoms with E-state index in [1.165, 1.54) is 0 Å². The summed E-state index contributed by atoms with van der Waals surface area (Å²) in [5.41, 5.74) is 5.67. The summed E-state index contributed by atoms with van der Waals surface area (Å²) in [6.07, 6.45) is 2.95. The summed E-state index contributed by atoms with van der Waals surface area (Å²) in [6.45, 7) is 0.727. The van der Waals surface area contributed by atoms with Gasteiger partial charge >= 0.3 is 0 Å². The molecule has 3 rings (SSSR count). The first-order valence-corrected chi connectivity index (χ1v) is 8.08. The Morgan fingerprint density at radius 3 is 2.88 bits per heavy atom. The van der Waals surface area contributed by atoms with Crippen LogP contribution in [0.15, 0.2) is 36.5 Å². The van der Waals surface area contributed by atoms with Crippen molar-refractivity contribution in [2.45, 2.75) is 31.3 Å². The molecule has 126 valence electrons. The molecule has 2 aromatic rings. The highest BCUT2D eigenvalue weighted by atomic mass is 16.3. The molecule has 1 fully saturated rings. The van der Waals surface area contributed by atoms with E-state index >= 15 is 0 Å². The molecule has 1 aliphatic rings. The molecule has 0 saturated carbocycles. The summed E-state index contributed by atoms with van der Waals surface area (Å²) >= 11 is 0. The minimum absolute atomic E-state index is 0.0734. The van der Waals surface area contributed by atoms with Crippen LogP contribution in [0.4, 0.5) is 0 Å². The first kappa shape index (κ1) is 16.4. The number of carbonyl (C=O) groups excluding carboxylic acids is 2. The van der Waals surface area contributed by atoms with Gasteiger partial charge in [-0.3, -0.25) is 14.6 Å². The van der Waals surface area contributed by atoms with Gasteiger partial charge in [-0.15, -0.1) is 0 Å². The van der Waals surface area contributed by atoms with Crippen LogP contribution in [0.2, 0.25) is 0 Å². The number of para-hydroxylation sites is 1. The fourth-order valence-electron chi connectivity index (χ4n) is 3.38. The van der Waals surface area contributed by atoms with E-state index < -0.39 is 11.5 Å². The van der Waals surface area contributed by atoms with Crippen LogP contribution >= 0.6 is 0 Å². The molecule has 1 aliphatic heterocycles. The van der Waals surface area contributed by atoms with E-state index in [4.69, 9.17) is 5.73 Å². The van der Waals surface area contributed by atoms with E-state index in [0.29, 0.717) is 19.4 Å². The summed E-state index contributed by atoms with van der Waals surface area (Å²) in [5, 5.41) is 11.5. The van der Waals surface area contributed by atoms with Gasteiger partial charge in [-0.2, -0.15) is 0 Å². The van der Waals surface area contributed by atoms with Crippen molar-refractivity contribution in [2.24, 2.45) is 5.73 Å². The molecule has 0 aliphatic carbocycles. The maximum atomic E-state index is 12.7. The Morgan fingerprint density at radius 1 is 1.29 bits per heavy atom. The normalized spacial score (nSPS) is 21.0. The smallest absolute Gasteiger partial charge is 0.227 e. The van der Waals surface area contributed by atoms with Crippen LogP contribution in [0.25, 0.3) is 10.9 Å². The zero-order valence-electron chi connectivity index (χ0n) is 13.4. The monoisotopic (exact) mass is 327 g/mol. The molecule has 24 heavy (non-hydrogen) atoms. The van der Waals surface area contributed by atoms with Crippen molar-refractivity contribution >= 4 is 22.7 Å². The number of piperidine rings is 1. The number of hydrogen-bond donors (Lipinski definition) is 2. The van der Waals surface area contributed by atoms with Crippen LogP contribution in [0.3, 0.4) is 0 Å². The second-order valence-electron chi connectivity index (χ2n) is 6.46. The van der Waals surface area contributed by atoms with Crippen molar-refractivity contribution in [1.29, 1.82) is 0 Å². The highest BCUT2D eigenvalue weighted by Crippen LogP contribution is 2.25. The van der Waals surface area contributed by atoms with Crippen molar-refractivity contribution in [3.05, 3.63) is 42.1 Å². The van der Waals surface area contributed by atoms with Crippen LogP contribution in [-0.2, 0) is 16.0 Å². The number of fused-ring (bicyclic) bond motifs is 1. The summed E-state index contributed by atoms with van der Waals surface area (Å²) in [7, 11) is 0.